The summed E-state index contributed by atoms with van der Waals surface area (Å²) in [6.45, 7) is 0. The molecule has 1 N–H and O–H groups in total. The van der Waals surface area contributed by atoms with E-state index in [9.17, 15) is 9.90 Å². The lowest BCUT2D eigenvalue weighted by Crippen LogP contribution is -2.03. The van der Waals surface area contributed by atoms with Gasteiger partial charge in [0.1, 0.15) is 0 Å². The fourth-order valence-electron chi connectivity index (χ4n) is 2.10. The summed E-state index contributed by atoms with van der Waals surface area (Å²) in [4.78, 5) is 15.6. The van der Waals surface area contributed by atoms with E-state index in [-0.39, 0.29) is 5.56 Å². The Morgan fingerprint density at radius 2 is 1.81 bits per heavy atom. The van der Waals surface area contributed by atoms with Crippen molar-refractivity contribution in [3.8, 4) is 16.9 Å². The molecule has 0 aliphatic carbocycles. The Morgan fingerprint density at radius 3 is 2.52 bits per heavy atom. The second-order valence-electron chi connectivity index (χ2n) is 4.50. The van der Waals surface area contributed by atoms with Gasteiger partial charge in [-0.2, -0.15) is 0 Å². The quantitative estimate of drug-likeness (QED) is 0.798. The van der Waals surface area contributed by atoms with E-state index >= 15 is 0 Å². The highest BCUT2D eigenvalue weighted by Crippen LogP contribution is 2.22. The van der Waals surface area contributed by atoms with Gasteiger partial charge in [-0.25, -0.2) is 9.78 Å². The highest BCUT2D eigenvalue weighted by Gasteiger charge is 2.11. The van der Waals surface area contributed by atoms with Crippen molar-refractivity contribution in [2.24, 2.45) is 0 Å². The molecule has 0 amide bonds. The molecule has 0 bridgehead atoms. The molecule has 0 unspecified atom stereocenters. The first-order valence-electron chi connectivity index (χ1n) is 6.28. The number of hydrogen-bond donors (Lipinski definition) is 1. The lowest BCUT2D eigenvalue weighted by atomic mass is 10.1. The molecule has 2 aromatic carbocycles. The minimum Gasteiger partial charge on any atom is -0.478 e. The number of halogens is 1. The number of para-hydroxylation sites is 1. The highest BCUT2D eigenvalue weighted by molar-refractivity contribution is 6.30. The van der Waals surface area contributed by atoms with Crippen LogP contribution in [0.3, 0.4) is 0 Å². The predicted molar refractivity (Wildman–Crippen MR) is 81.0 cm³/mol. The predicted octanol–water partition coefficient (Wildman–Crippen LogP) is 3.89. The second kappa shape index (κ2) is 5.42. The van der Waals surface area contributed by atoms with Crippen molar-refractivity contribution in [1.82, 2.24) is 9.55 Å². The molecule has 1 heterocycles. The summed E-state index contributed by atoms with van der Waals surface area (Å²) in [7, 11) is 0. The van der Waals surface area contributed by atoms with E-state index in [0.29, 0.717) is 10.7 Å². The molecule has 5 heteroatoms. The van der Waals surface area contributed by atoms with Gasteiger partial charge in [0, 0.05) is 16.8 Å². The Bertz CT molecular complexity index is 794. The average Bonchev–Trinajstić information content (AvgIpc) is 2.97. The summed E-state index contributed by atoms with van der Waals surface area (Å²) in [5, 5.41) is 9.89. The minimum atomic E-state index is -0.965. The molecule has 3 rings (SSSR count). The molecule has 0 aliphatic heterocycles. The molecule has 0 saturated carbocycles. The van der Waals surface area contributed by atoms with E-state index < -0.39 is 5.97 Å². The Morgan fingerprint density at radius 1 is 1.10 bits per heavy atom. The van der Waals surface area contributed by atoms with Crippen LogP contribution < -0.4 is 0 Å². The lowest BCUT2D eigenvalue weighted by Gasteiger charge is -2.05. The third-order valence-electron chi connectivity index (χ3n) is 3.14. The molecule has 0 atom stereocenters. The molecule has 104 valence electrons. The van der Waals surface area contributed by atoms with Crippen LogP contribution in [0.2, 0.25) is 5.02 Å². The van der Waals surface area contributed by atoms with Crippen LogP contribution in [0.1, 0.15) is 10.4 Å². The van der Waals surface area contributed by atoms with E-state index in [1.54, 1.807) is 53.5 Å². The number of nitrogens with zero attached hydrogens (tertiary/aromatic N) is 2. The third kappa shape index (κ3) is 2.66. The summed E-state index contributed by atoms with van der Waals surface area (Å²) in [5.41, 5.74) is 2.49. The smallest absolute Gasteiger partial charge is 0.337 e. The Hall–Kier alpha value is -2.59. The molecular weight excluding hydrogens is 288 g/mol. The standard InChI is InChI=1S/C16H11ClN2O2/c17-12-7-5-11(6-8-12)14-9-19(10-18-14)15-4-2-1-3-13(15)16(20)21/h1-10H,(H,20,21). The molecule has 0 spiro atoms. The molecule has 3 aromatic rings. The van der Waals surface area contributed by atoms with Gasteiger partial charge in [-0.3, -0.25) is 0 Å². The van der Waals surface area contributed by atoms with Gasteiger partial charge in [-0.05, 0) is 24.3 Å². The number of carboxylic acid groups (broad SMARTS) is 1. The van der Waals surface area contributed by atoms with Crippen molar-refractivity contribution in [2.45, 2.75) is 0 Å². The van der Waals surface area contributed by atoms with E-state index in [1.165, 1.54) is 0 Å². The maximum Gasteiger partial charge on any atom is 0.337 e. The molecule has 0 saturated heterocycles. The molecule has 0 radical (unpaired) electrons. The zero-order valence-corrected chi connectivity index (χ0v) is 11.7. The number of rotatable bonds is 3. The van der Waals surface area contributed by atoms with Crippen molar-refractivity contribution in [2.75, 3.05) is 0 Å². The van der Waals surface area contributed by atoms with Crippen LogP contribution in [0.25, 0.3) is 16.9 Å². The van der Waals surface area contributed by atoms with Gasteiger partial charge < -0.3 is 9.67 Å². The van der Waals surface area contributed by atoms with E-state index in [1.807, 2.05) is 12.1 Å². The zero-order valence-electron chi connectivity index (χ0n) is 10.9. The van der Waals surface area contributed by atoms with Gasteiger partial charge in [-0.1, -0.05) is 35.9 Å². The van der Waals surface area contributed by atoms with Crippen molar-refractivity contribution >= 4 is 17.6 Å². The van der Waals surface area contributed by atoms with Crippen LogP contribution in [0, 0.1) is 0 Å². The number of imidazole rings is 1. The first kappa shape index (κ1) is 13.4. The van der Waals surface area contributed by atoms with Crippen molar-refractivity contribution < 1.29 is 9.90 Å². The Kier molecular flexibility index (Phi) is 3.46. The Labute approximate surface area is 126 Å². The number of aromatic carboxylic acids is 1. The van der Waals surface area contributed by atoms with Gasteiger partial charge in [0.05, 0.1) is 23.3 Å². The van der Waals surface area contributed by atoms with Gasteiger partial charge in [-0.15, -0.1) is 0 Å². The zero-order chi connectivity index (χ0) is 14.8. The maximum atomic E-state index is 11.3. The SMILES string of the molecule is O=C(O)c1ccccc1-n1cnc(-c2ccc(Cl)cc2)c1. The number of hydrogen-bond acceptors (Lipinski definition) is 2. The van der Waals surface area contributed by atoms with E-state index in [4.69, 9.17) is 11.6 Å². The lowest BCUT2D eigenvalue weighted by molar-refractivity contribution is 0.0697. The molecule has 0 fully saturated rings. The monoisotopic (exact) mass is 298 g/mol. The minimum absolute atomic E-state index is 0.234. The number of benzene rings is 2. The number of aromatic nitrogens is 2. The van der Waals surface area contributed by atoms with Gasteiger partial charge in [0.25, 0.3) is 0 Å². The summed E-state index contributed by atoms with van der Waals surface area (Å²) in [5.74, 6) is -0.965. The summed E-state index contributed by atoms with van der Waals surface area (Å²) < 4.78 is 1.70. The van der Waals surface area contributed by atoms with Gasteiger partial charge in [0.2, 0.25) is 0 Å². The molecule has 0 aliphatic rings. The summed E-state index contributed by atoms with van der Waals surface area (Å²) in [6, 6.07) is 14.1. The first-order chi connectivity index (χ1) is 10.1. The third-order valence-corrected chi connectivity index (χ3v) is 3.39. The fourth-order valence-corrected chi connectivity index (χ4v) is 2.23. The second-order valence-corrected chi connectivity index (χ2v) is 4.93. The summed E-state index contributed by atoms with van der Waals surface area (Å²) in [6.07, 6.45) is 3.40. The normalized spacial score (nSPS) is 10.5. The van der Waals surface area contributed by atoms with Crippen molar-refractivity contribution in [3.63, 3.8) is 0 Å². The molecule has 4 nitrogen and oxygen atoms in total. The van der Waals surface area contributed by atoms with Crippen LogP contribution in [-0.4, -0.2) is 20.6 Å². The Balaban J connectivity index is 2.03. The van der Waals surface area contributed by atoms with Gasteiger partial charge >= 0.3 is 5.97 Å². The van der Waals surface area contributed by atoms with Crippen LogP contribution >= 0.6 is 11.6 Å². The van der Waals surface area contributed by atoms with Crippen LogP contribution in [-0.2, 0) is 0 Å². The highest BCUT2D eigenvalue weighted by atomic mass is 35.5. The van der Waals surface area contributed by atoms with Crippen LogP contribution in [0.5, 0.6) is 0 Å². The number of carboxylic acids is 1. The maximum absolute atomic E-state index is 11.3. The number of carbonyl (C=O) groups is 1. The van der Waals surface area contributed by atoms with Crippen LogP contribution in [0.15, 0.2) is 61.1 Å². The molecular formula is C16H11ClN2O2. The van der Waals surface area contributed by atoms with E-state index in [2.05, 4.69) is 4.98 Å². The largest absolute Gasteiger partial charge is 0.478 e. The van der Waals surface area contributed by atoms with Crippen molar-refractivity contribution in [3.05, 3.63) is 71.6 Å². The topological polar surface area (TPSA) is 55.1 Å². The first-order valence-corrected chi connectivity index (χ1v) is 6.65. The van der Waals surface area contributed by atoms with Crippen LogP contribution in [0.4, 0.5) is 0 Å². The summed E-state index contributed by atoms with van der Waals surface area (Å²) >= 11 is 5.86. The molecule has 1 aromatic heterocycles. The average molecular weight is 299 g/mol. The van der Waals surface area contributed by atoms with Gasteiger partial charge in [0.15, 0.2) is 0 Å². The fraction of sp³-hybridized carbons (Fsp3) is 0. The molecule has 21 heavy (non-hydrogen) atoms. The van der Waals surface area contributed by atoms with E-state index in [0.717, 1.165) is 11.3 Å². The van der Waals surface area contributed by atoms with Crippen molar-refractivity contribution in [1.29, 1.82) is 0 Å².